The Balaban J connectivity index is 1.76. The summed E-state index contributed by atoms with van der Waals surface area (Å²) in [4.78, 5) is 0. The Morgan fingerprint density at radius 3 is 2.40 bits per heavy atom. The van der Waals surface area contributed by atoms with E-state index >= 15 is 0 Å². The molecule has 1 aliphatic rings. The first-order valence-corrected chi connectivity index (χ1v) is 5.17. The lowest BCUT2D eigenvalue weighted by Crippen LogP contribution is -2.10. The van der Waals surface area contributed by atoms with E-state index in [0.717, 1.165) is 11.7 Å². The van der Waals surface area contributed by atoms with E-state index in [2.05, 4.69) is 12.6 Å². The van der Waals surface area contributed by atoms with Crippen molar-refractivity contribution in [1.29, 1.82) is 0 Å². The zero-order valence-corrected chi connectivity index (χ0v) is 7.58. The molecule has 1 aliphatic carbocycles. The minimum Gasteiger partial charge on any atom is -0.179 e. The molecule has 10 heavy (non-hydrogen) atoms. The Kier molecular flexibility index (Phi) is 4.27. The van der Waals surface area contributed by atoms with E-state index in [-0.39, 0.29) is 0 Å². The first-order chi connectivity index (χ1) is 4.93. The van der Waals surface area contributed by atoms with Gasteiger partial charge in [-0.15, -0.1) is 0 Å². The molecule has 1 heteroatoms. The Morgan fingerprint density at radius 1 is 1.10 bits per heavy atom. The van der Waals surface area contributed by atoms with Crippen LogP contribution in [0.1, 0.15) is 44.9 Å². The molecular formula is C9H18S. The van der Waals surface area contributed by atoms with Crippen LogP contribution in [0, 0.1) is 5.92 Å². The fraction of sp³-hybridized carbons (Fsp3) is 1.00. The maximum Gasteiger partial charge on any atom is -0.00979 e. The third-order valence-corrected chi connectivity index (χ3v) is 2.81. The zero-order chi connectivity index (χ0) is 7.23. The second-order valence-electron chi connectivity index (χ2n) is 3.37. The van der Waals surface area contributed by atoms with Crippen LogP contribution < -0.4 is 0 Å². The highest BCUT2D eigenvalue weighted by Crippen LogP contribution is 2.30. The summed E-state index contributed by atoms with van der Waals surface area (Å²) in [5.41, 5.74) is 0. The molecule has 0 aromatic rings. The summed E-state index contributed by atoms with van der Waals surface area (Å²) < 4.78 is 0. The van der Waals surface area contributed by atoms with Crippen LogP contribution in [-0.2, 0) is 0 Å². The summed E-state index contributed by atoms with van der Waals surface area (Å²) in [5.74, 6) is 2.19. The van der Waals surface area contributed by atoms with E-state index < -0.39 is 0 Å². The lowest BCUT2D eigenvalue weighted by Gasteiger charge is -2.24. The van der Waals surface area contributed by atoms with E-state index in [1.807, 2.05) is 0 Å². The van der Waals surface area contributed by atoms with Gasteiger partial charge in [-0.25, -0.2) is 0 Å². The third kappa shape index (κ3) is 2.96. The zero-order valence-electron chi connectivity index (χ0n) is 6.68. The van der Waals surface area contributed by atoms with Crippen molar-refractivity contribution in [3.63, 3.8) is 0 Å². The van der Waals surface area contributed by atoms with Crippen molar-refractivity contribution in [2.75, 3.05) is 5.75 Å². The predicted molar refractivity (Wildman–Crippen MR) is 49.7 cm³/mol. The molecule has 0 atom stereocenters. The van der Waals surface area contributed by atoms with Gasteiger partial charge in [0.1, 0.15) is 0 Å². The Morgan fingerprint density at radius 2 is 1.90 bits per heavy atom. The number of unbranched alkanes of at least 4 members (excludes halogenated alkanes) is 2. The molecule has 0 nitrogen and oxygen atoms in total. The van der Waals surface area contributed by atoms with Crippen molar-refractivity contribution in [2.24, 2.45) is 5.92 Å². The van der Waals surface area contributed by atoms with Crippen molar-refractivity contribution in [1.82, 2.24) is 0 Å². The quantitative estimate of drug-likeness (QED) is 0.461. The highest BCUT2D eigenvalue weighted by molar-refractivity contribution is 7.80. The van der Waals surface area contributed by atoms with Gasteiger partial charge in [0.25, 0.3) is 0 Å². The fourth-order valence-electron chi connectivity index (χ4n) is 1.50. The Labute approximate surface area is 69.8 Å². The van der Waals surface area contributed by atoms with E-state index in [0.29, 0.717) is 0 Å². The molecule has 0 spiro atoms. The van der Waals surface area contributed by atoms with Gasteiger partial charge in [-0.3, -0.25) is 0 Å². The van der Waals surface area contributed by atoms with Crippen molar-refractivity contribution in [2.45, 2.75) is 44.9 Å². The van der Waals surface area contributed by atoms with Crippen LogP contribution in [0.2, 0.25) is 0 Å². The highest BCUT2D eigenvalue weighted by atomic mass is 32.1. The topological polar surface area (TPSA) is 0 Å². The molecule has 0 heterocycles. The molecule has 0 aromatic heterocycles. The lowest BCUT2D eigenvalue weighted by atomic mass is 9.82. The van der Waals surface area contributed by atoms with Gasteiger partial charge in [-0.2, -0.15) is 12.6 Å². The average Bonchev–Trinajstić information content (AvgIpc) is 1.84. The first kappa shape index (κ1) is 8.45. The maximum absolute atomic E-state index is 4.18. The second kappa shape index (κ2) is 5.06. The smallest absolute Gasteiger partial charge is 0.00979 e. The molecule has 0 aliphatic heterocycles. The number of hydrogen-bond donors (Lipinski definition) is 1. The van der Waals surface area contributed by atoms with Gasteiger partial charge >= 0.3 is 0 Å². The number of rotatable bonds is 5. The van der Waals surface area contributed by atoms with E-state index in [1.165, 1.54) is 44.9 Å². The van der Waals surface area contributed by atoms with Crippen LogP contribution in [0.4, 0.5) is 0 Å². The van der Waals surface area contributed by atoms with Crippen LogP contribution >= 0.6 is 12.6 Å². The molecule has 0 unspecified atom stereocenters. The Bertz CT molecular complexity index is 76.8. The molecule has 0 amide bonds. The molecule has 60 valence electrons. The van der Waals surface area contributed by atoms with Gasteiger partial charge in [-0.05, 0) is 18.1 Å². The van der Waals surface area contributed by atoms with Crippen molar-refractivity contribution < 1.29 is 0 Å². The minimum absolute atomic E-state index is 1.07. The summed E-state index contributed by atoms with van der Waals surface area (Å²) in [6, 6.07) is 0. The van der Waals surface area contributed by atoms with Gasteiger partial charge in [0.2, 0.25) is 0 Å². The predicted octanol–water partition coefficient (Wildman–Crippen LogP) is 3.28. The Hall–Kier alpha value is 0.350. The lowest BCUT2D eigenvalue weighted by molar-refractivity contribution is 0.287. The van der Waals surface area contributed by atoms with Gasteiger partial charge in [0, 0.05) is 0 Å². The van der Waals surface area contributed by atoms with E-state index in [1.54, 1.807) is 0 Å². The molecule has 1 rings (SSSR count). The normalized spacial score (nSPS) is 18.9. The van der Waals surface area contributed by atoms with Crippen LogP contribution in [0.25, 0.3) is 0 Å². The third-order valence-electron chi connectivity index (χ3n) is 2.50. The van der Waals surface area contributed by atoms with Crippen molar-refractivity contribution >= 4 is 12.6 Å². The summed E-state index contributed by atoms with van der Waals surface area (Å²) in [7, 11) is 0. The average molecular weight is 158 g/mol. The van der Waals surface area contributed by atoms with Crippen LogP contribution in [0.5, 0.6) is 0 Å². The first-order valence-electron chi connectivity index (χ1n) is 4.54. The molecule has 0 N–H and O–H groups in total. The van der Waals surface area contributed by atoms with Gasteiger partial charge < -0.3 is 0 Å². The molecular weight excluding hydrogens is 140 g/mol. The van der Waals surface area contributed by atoms with Gasteiger partial charge in [0.05, 0.1) is 0 Å². The van der Waals surface area contributed by atoms with Gasteiger partial charge in [-0.1, -0.05) is 38.5 Å². The van der Waals surface area contributed by atoms with Crippen molar-refractivity contribution in [3.05, 3.63) is 0 Å². The summed E-state index contributed by atoms with van der Waals surface area (Å²) >= 11 is 4.18. The summed E-state index contributed by atoms with van der Waals surface area (Å²) in [6.07, 6.45) is 10.2. The van der Waals surface area contributed by atoms with Crippen LogP contribution in [-0.4, -0.2) is 5.75 Å². The largest absolute Gasteiger partial charge is 0.179 e. The van der Waals surface area contributed by atoms with Crippen LogP contribution in [0.15, 0.2) is 0 Å². The van der Waals surface area contributed by atoms with E-state index in [4.69, 9.17) is 0 Å². The summed E-state index contributed by atoms with van der Waals surface area (Å²) in [5, 5.41) is 0. The monoisotopic (exact) mass is 158 g/mol. The molecule has 0 bridgehead atoms. The SMILES string of the molecule is SCCCCCC1CCC1. The summed E-state index contributed by atoms with van der Waals surface area (Å²) in [6.45, 7) is 0. The molecule has 0 saturated heterocycles. The molecule has 0 radical (unpaired) electrons. The molecule has 1 saturated carbocycles. The highest BCUT2D eigenvalue weighted by Gasteiger charge is 2.15. The van der Waals surface area contributed by atoms with Crippen LogP contribution in [0.3, 0.4) is 0 Å². The minimum atomic E-state index is 1.07. The standard InChI is InChI=1S/C9H18S/c10-8-3-1-2-5-9-6-4-7-9/h9-10H,1-8H2. The number of thiol groups is 1. The number of hydrogen-bond acceptors (Lipinski definition) is 1. The van der Waals surface area contributed by atoms with Gasteiger partial charge in [0.15, 0.2) is 0 Å². The van der Waals surface area contributed by atoms with Crippen molar-refractivity contribution in [3.8, 4) is 0 Å². The van der Waals surface area contributed by atoms with E-state index in [9.17, 15) is 0 Å². The molecule has 1 fully saturated rings. The molecule has 0 aromatic carbocycles. The second-order valence-corrected chi connectivity index (χ2v) is 3.82. The fourth-order valence-corrected chi connectivity index (χ4v) is 1.73. The maximum atomic E-state index is 4.18.